The molecule has 1 heterocycles. The minimum atomic E-state index is 0.209. The highest BCUT2D eigenvalue weighted by molar-refractivity contribution is 5.95. The number of hydrogen-bond acceptors (Lipinski definition) is 3. The molecule has 0 fully saturated rings. The fourth-order valence-corrected chi connectivity index (χ4v) is 1.39. The van der Waals surface area contributed by atoms with Gasteiger partial charge in [0.05, 0.1) is 11.9 Å². The molecule has 17 heavy (non-hydrogen) atoms. The maximum absolute atomic E-state index is 8.55. The summed E-state index contributed by atoms with van der Waals surface area (Å²) < 4.78 is 0. The summed E-state index contributed by atoms with van der Waals surface area (Å²) in [7, 11) is 0. The quantitative estimate of drug-likeness (QED) is 0.486. The van der Waals surface area contributed by atoms with Crippen LogP contribution >= 0.6 is 0 Å². The lowest BCUT2D eigenvalue weighted by molar-refractivity contribution is 0.593. The average Bonchev–Trinajstić information content (AvgIpc) is 2.30. The van der Waals surface area contributed by atoms with E-state index >= 15 is 0 Å². The number of pyridine rings is 1. The van der Waals surface area contributed by atoms with Crippen LogP contribution < -0.4 is 10.6 Å². The van der Waals surface area contributed by atoms with E-state index in [1.807, 2.05) is 12.1 Å². The van der Waals surface area contributed by atoms with Gasteiger partial charge in [-0.25, -0.2) is 0 Å². The van der Waals surface area contributed by atoms with Crippen molar-refractivity contribution >= 4 is 11.6 Å². The van der Waals surface area contributed by atoms with Gasteiger partial charge >= 0.3 is 0 Å². The zero-order valence-corrected chi connectivity index (χ0v) is 10.2. The largest absolute Gasteiger partial charge is 0.369 e. The Morgan fingerprint density at radius 3 is 2.94 bits per heavy atom. The topological polar surface area (TPSA) is 78.3 Å². The fraction of sp³-hybridized carbons (Fsp3) is 0.417. The zero-order chi connectivity index (χ0) is 12.7. The SMILES string of the molecule is CC(C)CCN(C(N)=NC#N)c1cccnc1. The van der Waals surface area contributed by atoms with Gasteiger partial charge in [-0.3, -0.25) is 4.98 Å². The predicted molar refractivity (Wildman–Crippen MR) is 68.3 cm³/mol. The van der Waals surface area contributed by atoms with E-state index < -0.39 is 0 Å². The molecule has 1 aromatic heterocycles. The average molecular weight is 231 g/mol. The third-order valence-electron chi connectivity index (χ3n) is 2.33. The summed E-state index contributed by atoms with van der Waals surface area (Å²) >= 11 is 0. The Balaban J connectivity index is 2.88. The van der Waals surface area contributed by atoms with E-state index in [0.717, 1.165) is 18.7 Å². The predicted octanol–water partition coefficient (Wildman–Crippen LogP) is 1.73. The van der Waals surface area contributed by atoms with Crippen LogP contribution in [0.5, 0.6) is 0 Å². The van der Waals surface area contributed by atoms with Crippen molar-refractivity contribution < 1.29 is 0 Å². The zero-order valence-electron chi connectivity index (χ0n) is 10.2. The molecule has 1 aromatic rings. The molecule has 0 saturated heterocycles. The molecule has 5 heteroatoms. The smallest absolute Gasteiger partial charge is 0.211 e. The van der Waals surface area contributed by atoms with E-state index in [2.05, 4.69) is 23.8 Å². The highest BCUT2D eigenvalue weighted by Gasteiger charge is 2.11. The molecule has 2 N–H and O–H groups in total. The first-order valence-electron chi connectivity index (χ1n) is 5.55. The second-order valence-corrected chi connectivity index (χ2v) is 4.12. The van der Waals surface area contributed by atoms with Gasteiger partial charge in [-0.1, -0.05) is 13.8 Å². The van der Waals surface area contributed by atoms with E-state index in [-0.39, 0.29) is 5.96 Å². The van der Waals surface area contributed by atoms with Crippen LogP contribution in [0.4, 0.5) is 5.69 Å². The molecule has 0 aromatic carbocycles. The molecule has 5 nitrogen and oxygen atoms in total. The second-order valence-electron chi connectivity index (χ2n) is 4.12. The molecule has 0 spiro atoms. The normalized spacial score (nSPS) is 11.3. The number of nitrogens with two attached hydrogens (primary N) is 1. The van der Waals surface area contributed by atoms with Crippen LogP contribution in [0.1, 0.15) is 20.3 Å². The summed E-state index contributed by atoms with van der Waals surface area (Å²) in [4.78, 5) is 9.42. The Bertz CT molecular complexity index is 405. The summed E-state index contributed by atoms with van der Waals surface area (Å²) in [5.41, 5.74) is 6.62. The number of anilines is 1. The van der Waals surface area contributed by atoms with Gasteiger partial charge in [0.2, 0.25) is 12.2 Å². The number of nitriles is 1. The molecule has 0 amide bonds. The van der Waals surface area contributed by atoms with Crippen LogP contribution in [0.15, 0.2) is 29.5 Å². The van der Waals surface area contributed by atoms with Gasteiger partial charge < -0.3 is 10.6 Å². The van der Waals surface area contributed by atoms with E-state index in [1.54, 1.807) is 23.5 Å². The van der Waals surface area contributed by atoms with Crippen LogP contribution in [-0.2, 0) is 0 Å². The van der Waals surface area contributed by atoms with E-state index in [0.29, 0.717) is 5.92 Å². The molecule has 90 valence electrons. The van der Waals surface area contributed by atoms with Crippen LogP contribution in [0.2, 0.25) is 0 Å². The number of aliphatic imine (C=N–C) groups is 1. The van der Waals surface area contributed by atoms with Crippen molar-refractivity contribution in [2.75, 3.05) is 11.4 Å². The van der Waals surface area contributed by atoms with Crippen LogP contribution in [0.3, 0.4) is 0 Å². The third-order valence-corrected chi connectivity index (χ3v) is 2.33. The maximum Gasteiger partial charge on any atom is 0.211 e. The number of guanidine groups is 1. The Hall–Kier alpha value is -2.09. The number of rotatable bonds is 4. The molecule has 0 unspecified atom stereocenters. The van der Waals surface area contributed by atoms with Gasteiger partial charge in [0.1, 0.15) is 0 Å². The van der Waals surface area contributed by atoms with Gasteiger partial charge in [0, 0.05) is 12.7 Å². The number of nitrogens with zero attached hydrogens (tertiary/aromatic N) is 4. The molecule has 0 radical (unpaired) electrons. The first-order valence-corrected chi connectivity index (χ1v) is 5.55. The molecular formula is C12H17N5. The maximum atomic E-state index is 8.55. The Kier molecular flexibility index (Phi) is 4.95. The van der Waals surface area contributed by atoms with Crippen LogP contribution in [0, 0.1) is 17.4 Å². The summed E-state index contributed by atoms with van der Waals surface area (Å²) in [5, 5.41) is 8.55. The minimum absolute atomic E-state index is 0.209. The molecule has 1 rings (SSSR count). The Morgan fingerprint density at radius 2 is 2.41 bits per heavy atom. The monoisotopic (exact) mass is 231 g/mol. The van der Waals surface area contributed by atoms with Crippen molar-refractivity contribution in [1.82, 2.24) is 4.98 Å². The van der Waals surface area contributed by atoms with Crippen molar-refractivity contribution in [2.24, 2.45) is 16.6 Å². The highest BCUT2D eigenvalue weighted by Crippen LogP contribution is 2.13. The van der Waals surface area contributed by atoms with Crippen molar-refractivity contribution in [3.63, 3.8) is 0 Å². The third kappa shape index (κ3) is 4.11. The van der Waals surface area contributed by atoms with Crippen LogP contribution in [-0.4, -0.2) is 17.5 Å². The van der Waals surface area contributed by atoms with Gasteiger partial charge in [0.15, 0.2) is 0 Å². The minimum Gasteiger partial charge on any atom is -0.369 e. The standard InChI is InChI=1S/C12H17N5/c1-10(2)5-7-17(12(14)16-9-13)11-4-3-6-15-8-11/h3-4,6,8,10H,5,7H2,1-2H3,(H2,14,16). The van der Waals surface area contributed by atoms with Gasteiger partial charge in [-0.15, -0.1) is 4.99 Å². The lowest BCUT2D eigenvalue weighted by atomic mass is 10.1. The van der Waals surface area contributed by atoms with Crippen molar-refractivity contribution in [3.8, 4) is 6.19 Å². The second kappa shape index (κ2) is 6.48. The number of hydrogen-bond donors (Lipinski definition) is 1. The fourth-order valence-electron chi connectivity index (χ4n) is 1.39. The van der Waals surface area contributed by atoms with E-state index in [4.69, 9.17) is 11.0 Å². The molecule has 0 bridgehead atoms. The molecule has 0 aliphatic rings. The van der Waals surface area contributed by atoms with Crippen molar-refractivity contribution in [2.45, 2.75) is 20.3 Å². The summed E-state index contributed by atoms with van der Waals surface area (Å²) in [6.07, 6.45) is 6.08. The van der Waals surface area contributed by atoms with Gasteiger partial charge in [-0.05, 0) is 24.5 Å². The molecule has 0 aliphatic carbocycles. The van der Waals surface area contributed by atoms with Gasteiger partial charge in [-0.2, -0.15) is 5.26 Å². The van der Waals surface area contributed by atoms with Crippen molar-refractivity contribution in [1.29, 1.82) is 5.26 Å². The molecule has 0 atom stereocenters. The van der Waals surface area contributed by atoms with Crippen LogP contribution in [0.25, 0.3) is 0 Å². The van der Waals surface area contributed by atoms with E-state index in [9.17, 15) is 0 Å². The van der Waals surface area contributed by atoms with Gasteiger partial charge in [0.25, 0.3) is 0 Å². The number of aromatic nitrogens is 1. The summed E-state index contributed by atoms with van der Waals surface area (Å²) in [5.74, 6) is 0.769. The summed E-state index contributed by atoms with van der Waals surface area (Å²) in [6.45, 7) is 5.00. The summed E-state index contributed by atoms with van der Waals surface area (Å²) in [6, 6.07) is 3.73. The molecule has 0 saturated carbocycles. The lowest BCUT2D eigenvalue weighted by Gasteiger charge is -2.23. The molecule has 0 aliphatic heterocycles. The molecular weight excluding hydrogens is 214 g/mol. The highest BCUT2D eigenvalue weighted by atomic mass is 15.3. The van der Waals surface area contributed by atoms with E-state index in [1.165, 1.54) is 0 Å². The van der Waals surface area contributed by atoms with Crippen molar-refractivity contribution in [3.05, 3.63) is 24.5 Å². The Labute approximate surface area is 102 Å². The first-order chi connectivity index (χ1) is 8.15. The lowest BCUT2D eigenvalue weighted by Crippen LogP contribution is -2.38. The Morgan fingerprint density at radius 1 is 1.65 bits per heavy atom. The first kappa shape index (κ1) is 13.0.